The number of benzene rings is 1. The molecule has 32 heavy (non-hydrogen) atoms. The second-order valence-electron chi connectivity index (χ2n) is 10.3. The summed E-state index contributed by atoms with van der Waals surface area (Å²) in [4.78, 5) is 30.8. The van der Waals surface area contributed by atoms with Crippen LogP contribution in [0.15, 0.2) is 42.6 Å². The van der Waals surface area contributed by atoms with E-state index < -0.39 is 5.41 Å². The Morgan fingerprint density at radius 1 is 1.16 bits per heavy atom. The van der Waals surface area contributed by atoms with E-state index in [1.165, 1.54) is 5.56 Å². The number of nitrogens with zero attached hydrogens (tertiary/aromatic N) is 2. The maximum atomic E-state index is 13.8. The first-order valence-electron chi connectivity index (χ1n) is 11.8. The van der Waals surface area contributed by atoms with Crippen LogP contribution in [-0.4, -0.2) is 21.1 Å². The summed E-state index contributed by atoms with van der Waals surface area (Å²) in [6, 6.07) is 12.4. The Bertz CT molecular complexity index is 1150. The summed E-state index contributed by atoms with van der Waals surface area (Å²) in [5.74, 6) is 0.862. The van der Waals surface area contributed by atoms with E-state index in [1.54, 1.807) is 13.1 Å². The third kappa shape index (κ3) is 4.15. The minimum atomic E-state index is -0.550. The third-order valence-electron chi connectivity index (χ3n) is 7.19. The van der Waals surface area contributed by atoms with Gasteiger partial charge in [-0.05, 0) is 55.5 Å². The normalized spacial score (nSPS) is 14.7. The minimum Gasteiger partial charge on any atom is -0.338 e. The number of carbonyl (C=O) groups excluding carboxylic acids is 2. The summed E-state index contributed by atoms with van der Waals surface area (Å²) < 4.78 is 2.23. The Kier molecular flexibility index (Phi) is 6.07. The number of fused-ring (bicyclic) bond motifs is 1. The van der Waals surface area contributed by atoms with Crippen LogP contribution in [0.2, 0.25) is 0 Å². The summed E-state index contributed by atoms with van der Waals surface area (Å²) in [5.41, 5.74) is 4.48. The van der Waals surface area contributed by atoms with Crippen molar-refractivity contribution in [3.63, 3.8) is 0 Å². The molecular weight excluding hydrogens is 396 g/mol. The van der Waals surface area contributed by atoms with E-state index >= 15 is 0 Å². The minimum absolute atomic E-state index is 0.103. The van der Waals surface area contributed by atoms with E-state index in [0.29, 0.717) is 18.9 Å². The molecule has 0 N–H and O–H groups in total. The van der Waals surface area contributed by atoms with Crippen LogP contribution in [0.3, 0.4) is 0 Å². The Morgan fingerprint density at radius 2 is 1.91 bits per heavy atom. The first kappa shape index (κ1) is 22.4. The zero-order chi connectivity index (χ0) is 23.0. The summed E-state index contributed by atoms with van der Waals surface area (Å²) in [5, 5.41) is 1.03. The molecule has 1 saturated carbocycles. The zero-order valence-corrected chi connectivity index (χ0v) is 19.9. The molecule has 2 aromatic heterocycles. The number of pyridine rings is 1. The average molecular weight is 431 g/mol. The number of Topliss-reactive ketones (excluding diaryl/α,β-unsaturated/α-hetero) is 2. The maximum absolute atomic E-state index is 13.8. The van der Waals surface area contributed by atoms with E-state index in [9.17, 15) is 9.59 Å². The first-order valence-corrected chi connectivity index (χ1v) is 11.8. The van der Waals surface area contributed by atoms with Crippen LogP contribution in [0.1, 0.15) is 87.1 Å². The fourth-order valence-corrected chi connectivity index (χ4v) is 4.49. The van der Waals surface area contributed by atoms with Crippen molar-refractivity contribution >= 4 is 22.5 Å². The molecule has 1 aliphatic carbocycles. The van der Waals surface area contributed by atoms with Crippen molar-refractivity contribution in [2.45, 2.75) is 72.8 Å². The van der Waals surface area contributed by atoms with Gasteiger partial charge in [-0.1, -0.05) is 46.2 Å². The molecule has 1 fully saturated rings. The number of aromatic nitrogens is 2. The summed E-state index contributed by atoms with van der Waals surface area (Å²) in [7, 11) is 0. The van der Waals surface area contributed by atoms with Gasteiger partial charge in [-0.25, -0.2) is 0 Å². The Labute approximate surface area is 191 Å². The number of hydrogen-bond acceptors (Lipinski definition) is 3. The highest BCUT2D eigenvalue weighted by atomic mass is 16.1. The molecule has 0 saturated heterocycles. The maximum Gasteiger partial charge on any atom is 0.168 e. The van der Waals surface area contributed by atoms with Crippen LogP contribution < -0.4 is 0 Å². The van der Waals surface area contributed by atoms with E-state index in [4.69, 9.17) is 0 Å². The molecule has 4 heteroatoms. The fraction of sp³-hybridized carbons (Fsp3) is 0.464. The van der Waals surface area contributed by atoms with Crippen molar-refractivity contribution in [2.75, 3.05) is 0 Å². The molecule has 0 unspecified atom stereocenters. The van der Waals surface area contributed by atoms with Crippen molar-refractivity contribution in [1.29, 1.82) is 0 Å². The molecule has 0 amide bonds. The molecule has 0 atom stereocenters. The molecule has 0 bridgehead atoms. The summed E-state index contributed by atoms with van der Waals surface area (Å²) >= 11 is 0. The first-order chi connectivity index (χ1) is 15.2. The Hall–Kier alpha value is -2.75. The third-order valence-corrected chi connectivity index (χ3v) is 7.19. The number of ketones is 2. The molecule has 1 aromatic carbocycles. The van der Waals surface area contributed by atoms with Crippen molar-refractivity contribution < 1.29 is 9.59 Å². The van der Waals surface area contributed by atoms with E-state index in [1.807, 2.05) is 32.0 Å². The molecule has 168 valence electrons. The smallest absolute Gasteiger partial charge is 0.168 e. The predicted octanol–water partition coefficient (Wildman–Crippen LogP) is 6.35. The van der Waals surface area contributed by atoms with Gasteiger partial charge in [0.05, 0.1) is 12.2 Å². The van der Waals surface area contributed by atoms with Gasteiger partial charge < -0.3 is 4.57 Å². The molecule has 4 rings (SSSR count). The van der Waals surface area contributed by atoms with E-state index in [2.05, 4.69) is 41.6 Å². The molecule has 0 aliphatic heterocycles. The lowest BCUT2D eigenvalue weighted by Gasteiger charge is -2.26. The van der Waals surface area contributed by atoms with Crippen LogP contribution in [0, 0.1) is 11.3 Å². The topological polar surface area (TPSA) is 52.0 Å². The lowest BCUT2D eigenvalue weighted by atomic mass is 9.77. The molecule has 2 heterocycles. The van der Waals surface area contributed by atoms with Gasteiger partial charge in [-0.3, -0.25) is 14.6 Å². The molecular formula is C28H34N2O2. The van der Waals surface area contributed by atoms with Gasteiger partial charge in [0.1, 0.15) is 5.78 Å². The largest absolute Gasteiger partial charge is 0.338 e. The number of hydrogen-bond donors (Lipinski definition) is 0. The van der Waals surface area contributed by atoms with Crippen LogP contribution in [0.4, 0.5) is 0 Å². The molecule has 1 aliphatic rings. The Morgan fingerprint density at radius 3 is 2.47 bits per heavy atom. The highest BCUT2D eigenvalue weighted by Crippen LogP contribution is 2.39. The second-order valence-corrected chi connectivity index (χ2v) is 10.3. The van der Waals surface area contributed by atoms with Crippen molar-refractivity contribution in [3.05, 3.63) is 65.1 Å². The monoisotopic (exact) mass is 430 g/mol. The van der Waals surface area contributed by atoms with Gasteiger partial charge in [0, 0.05) is 46.1 Å². The van der Waals surface area contributed by atoms with Crippen LogP contribution in [0.25, 0.3) is 10.9 Å². The standard InChI is InChI=1S/C28H34N2O2/c1-18(2)21-12-13-24-23(15-21)26(27(32)20-9-8-10-20)25(16-28(4,5)19(3)31)30(24)17-22-11-6-7-14-29-22/h6-7,11-15,18,20H,8-10,16-17H2,1-5H3. The Balaban J connectivity index is 1.98. The lowest BCUT2D eigenvalue weighted by molar-refractivity contribution is -0.124. The quantitative estimate of drug-likeness (QED) is 0.391. The number of rotatable bonds is 8. The van der Waals surface area contributed by atoms with Crippen molar-refractivity contribution in [3.8, 4) is 0 Å². The molecule has 3 aromatic rings. The van der Waals surface area contributed by atoms with Crippen LogP contribution in [-0.2, 0) is 17.8 Å². The van der Waals surface area contributed by atoms with Crippen molar-refractivity contribution in [2.24, 2.45) is 11.3 Å². The van der Waals surface area contributed by atoms with Crippen molar-refractivity contribution in [1.82, 2.24) is 9.55 Å². The zero-order valence-electron chi connectivity index (χ0n) is 19.9. The summed E-state index contributed by atoms with van der Waals surface area (Å²) in [6.45, 7) is 10.6. The van der Waals surface area contributed by atoms with Gasteiger partial charge in [0.25, 0.3) is 0 Å². The van der Waals surface area contributed by atoms with Gasteiger partial charge in [-0.15, -0.1) is 0 Å². The van der Waals surface area contributed by atoms with E-state index in [0.717, 1.165) is 47.1 Å². The predicted molar refractivity (Wildman–Crippen MR) is 129 cm³/mol. The van der Waals surface area contributed by atoms with Gasteiger partial charge in [0.2, 0.25) is 0 Å². The number of carbonyl (C=O) groups is 2. The highest BCUT2D eigenvalue weighted by Gasteiger charge is 2.35. The summed E-state index contributed by atoms with van der Waals surface area (Å²) in [6.07, 6.45) is 5.39. The van der Waals surface area contributed by atoms with E-state index in [-0.39, 0.29) is 17.5 Å². The molecule has 4 nitrogen and oxygen atoms in total. The fourth-order valence-electron chi connectivity index (χ4n) is 4.49. The highest BCUT2D eigenvalue weighted by molar-refractivity contribution is 6.11. The van der Waals surface area contributed by atoms with Gasteiger partial charge >= 0.3 is 0 Å². The SMILES string of the molecule is CC(=O)C(C)(C)Cc1c(C(=O)C2CCC2)c2cc(C(C)C)ccc2n1Cc1ccccn1. The van der Waals surface area contributed by atoms with Gasteiger partial charge in [0.15, 0.2) is 5.78 Å². The molecule has 0 radical (unpaired) electrons. The average Bonchev–Trinajstić information content (AvgIpc) is 2.99. The second kappa shape index (κ2) is 8.65. The van der Waals surface area contributed by atoms with Crippen LogP contribution >= 0.6 is 0 Å². The lowest BCUT2D eigenvalue weighted by Crippen LogP contribution is -2.28. The van der Waals surface area contributed by atoms with Gasteiger partial charge in [-0.2, -0.15) is 0 Å². The molecule has 0 spiro atoms. The van der Waals surface area contributed by atoms with Crippen LogP contribution in [0.5, 0.6) is 0 Å².